The topological polar surface area (TPSA) is 34.0 Å². The van der Waals surface area contributed by atoms with Crippen molar-refractivity contribution in [3.05, 3.63) is 94.2 Å². The number of rotatable bonds is 4. The van der Waals surface area contributed by atoms with Crippen molar-refractivity contribution in [2.75, 3.05) is 5.32 Å². The van der Waals surface area contributed by atoms with Crippen LogP contribution in [0.3, 0.4) is 0 Å². The summed E-state index contributed by atoms with van der Waals surface area (Å²) >= 11 is 0. The number of anilines is 1. The molecule has 1 heterocycles. The van der Waals surface area contributed by atoms with E-state index >= 15 is 0 Å². The molecule has 1 aromatic heterocycles. The maximum atomic E-state index is 13.4. The molecule has 3 aromatic rings. The van der Waals surface area contributed by atoms with Crippen molar-refractivity contribution < 1.29 is 4.39 Å². The Bertz CT molecular complexity index is 869. The van der Waals surface area contributed by atoms with Gasteiger partial charge in [0.25, 0.3) is 5.56 Å². The summed E-state index contributed by atoms with van der Waals surface area (Å²) in [5.41, 5.74) is 3.49. The van der Waals surface area contributed by atoms with Gasteiger partial charge in [0, 0.05) is 24.5 Å². The molecular formula is C19H17FN2O. The van der Waals surface area contributed by atoms with E-state index in [0.717, 1.165) is 11.3 Å². The van der Waals surface area contributed by atoms with Crippen molar-refractivity contribution in [1.29, 1.82) is 0 Å². The lowest BCUT2D eigenvalue weighted by Gasteiger charge is -2.10. The number of benzene rings is 2. The molecule has 3 nitrogen and oxygen atoms in total. The molecule has 0 aliphatic carbocycles. The van der Waals surface area contributed by atoms with Gasteiger partial charge in [0.15, 0.2) is 0 Å². The Hall–Kier alpha value is -2.88. The second kappa shape index (κ2) is 6.48. The molecule has 0 spiro atoms. The lowest BCUT2D eigenvalue weighted by Crippen LogP contribution is -2.18. The molecule has 0 amide bonds. The van der Waals surface area contributed by atoms with Crippen LogP contribution in [0.1, 0.15) is 11.1 Å². The molecule has 0 atom stereocenters. The Morgan fingerprint density at radius 2 is 1.83 bits per heavy atom. The quantitative estimate of drug-likeness (QED) is 0.793. The fourth-order valence-corrected chi connectivity index (χ4v) is 2.34. The van der Waals surface area contributed by atoms with Crippen molar-refractivity contribution in [3.8, 4) is 5.69 Å². The van der Waals surface area contributed by atoms with Gasteiger partial charge in [-0.05, 0) is 42.8 Å². The van der Waals surface area contributed by atoms with Gasteiger partial charge in [-0.2, -0.15) is 0 Å². The van der Waals surface area contributed by atoms with Crippen molar-refractivity contribution in [2.24, 2.45) is 0 Å². The Morgan fingerprint density at radius 1 is 1.04 bits per heavy atom. The highest BCUT2D eigenvalue weighted by Gasteiger charge is 2.03. The number of pyridine rings is 1. The molecule has 2 aromatic carbocycles. The van der Waals surface area contributed by atoms with Crippen LogP contribution < -0.4 is 10.9 Å². The van der Waals surface area contributed by atoms with Crippen LogP contribution in [0.4, 0.5) is 10.1 Å². The minimum atomic E-state index is -0.363. The molecule has 0 saturated heterocycles. The zero-order valence-corrected chi connectivity index (χ0v) is 12.8. The number of halogens is 1. The molecule has 0 aliphatic heterocycles. The Kier molecular flexibility index (Phi) is 4.24. The van der Waals surface area contributed by atoms with Crippen molar-refractivity contribution >= 4 is 5.69 Å². The summed E-state index contributed by atoms with van der Waals surface area (Å²) in [6.45, 7) is 2.62. The van der Waals surface area contributed by atoms with Gasteiger partial charge >= 0.3 is 0 Å². The Labute approximate surface area is 134 Å². The van der Waals surface area contributed by atoms with E-state index in [1.165, 1.54) is 28.3 Å². The van der Waals surface area contributed by atoms with Crippen LogP contribution >= 0.6 is 0 Å². The molecule has 0 aliphatic rings. The van der Waals surface area contributed by atoms with Crippen molar-refractivity contribution in [2.45, 2.75) is 13.5 Å². The van der Waals surface area contributed by atoms with Crippen LogP contribution in [0.15, 0.2) is 71.7 Å². The van der Waals surface area contributed by atoms with E-state index in [-0.39, 0.29) is 11.4 Å². The molecule has 0 radical (unpaired) electrons. The minimum absolute atomic E-state index is 0.185. The van der Waals surface area contributed by atoms with Crippen LogP contribution in [0.25, 0.3) is 5.69 Å². The molecule has 0 unspecified atom stereocenters. The summed E-state index contributed by atoms with van der Waals surface area (Å²) in [5, 5.41) is 3.31. The Morgan fingerprint density at radius 3 is 2.57 bits per heavy atom. The van der Waals surface area contributed by atoms with Crippen molar-refractivity contribution in [3.63, 3.8) is 0 Å². The first-order valence-corrected chi connectivity index (χ1v) is 7.40. The SMILES string of the molecule is Cc1ccc(NCc2ccc(=O)n(-c3cccc(F)c3)c2)cc1. The average Bonchev–Trinajstić information content (AvgIpc) is 2.55. The van der Waals surface area contributed by atoms with Gasteiger partial charge in [-0.1, -0.05) is 29.8 Å². The summed E-state index contributed by atoms with van der Waals surface area (Å²) in [6.07, 6.45) is 1.73. The van der Waals surface area contributed by atoms with E-state index in [1.807, 2.05) is 31.2 Å². The number of hydrogen-bond acceptors (Lipinski definition) is 2. The highest BCUT2D eigenvalue weighted by molar-refractivity contribution is 5.45. The van der Waals surface area contributed by atoms with Crippen LogP contribution in [-0.4, -0.2) is 4.57 Å². The predicted molar refractivity (Wildman–Crippen MR) is 90.5 cm³/mol. The number of aromatic nitrogens is 1. The lowest BCUT2D eigenvalue weighted by atomic mass is 10.2. The first-order valence-electron chi connectivity index (χ1n) is 7.40. The lowest BCUT2D eigenvalue weighted by molar-refractivity contribution is 0.626. The number of nitrogens with zero attached hydrogens (tertiary/aromatic N) is 1. The van der Waals surface area contributed by atoms with Gasteiger partial charge in [-0.3, -0.25) is 9.36 Å². The molecule has 3 rings (SSSR count). The summed E-state index contributed by atoms with van der Waals surface area (Å²) in [7, 11) is 0. The molecule has 0 saturated carbocycles. The molecule has 0 bridgehead atoms. The smallest absolute Gasteiger partial charge is 0.255 e. The van der Waals surface area contributed by atoms with E-state index in [9.17, 15) is 9.18 Å². The van der Waals surface area contributed by atoms with E-state index in [2.05, 4.69) is 5.32 Å². The average molecular weight is 308 g/mol. The minimum Gasteiger partial charge on any atom is -0.381 e. The second-order valence-corrected chi connectivity index (χ2v) is 5.45. The van der Waals surface area contributed by atoms with Crippen molar-refractivity contribution in [1.82, 2.24) is 4.57 Å². The summed E-state index contributed by atoms with van der Waals surface area (Å²) < 4.78 is 14.8. The zero-order valence-electron chi connectivity index (χ0n) is 12.8. The third-order valence-corrected chi connectivity index (χ3v) is 3.61. The van der Waals surface area contributed by atoms with Gasteiger partial charge < -0.3 is 5.32 Å². The summed E-state index contributed by atoms with van der Waals surface area (Å²) in [5.74, 6) is -0.363. The maximum Gasteiger partial charge on any atom is 0.255 e. The maximum absolute atomic E-state index is 13.4. The highest BCUT2D eigenvalue weighted by Crippen LogP contribution is 2.12. The molecule has 4 heteroatoms. The third-order valence-electron chi connectivity index (χ3n) is 3.61. The van der Waals surface area contributed by atoms with Crippen LogP contribution in [0.5, 0.6) is 0 Å². The largest absolute Gasteiger partial charge is 0.381 e. The van der Waals surface area contributed by atoms with Crippen LogP contribution in [0.2, 0.25) is 0 Å². The van der Waals surface area contributed by atoms with Gasteiger partial charge in [0.1, 0.15) is 5.82 Å². The molecule has 23 heavy (non-hydrogen) atoms. The monoisotopic (exact) mass is 308 g/mol. The number of nitrogens with one attached hydrogen (secondary N) is 1. The van der Waals surface area contributed by atoms with E-state index in [1.54, 1.807) is 24.4 Å². The second-order valence-electron chi connectivity index (χ2n) is 5.45. The number of hydrogen-bond donors (Lipinski definition) is 1. The Balaban J connectivity index is 1.83. The van der Waals surface area contributed by atoms with Gasteiger partial charge in [-0.25, -0.2) is 4.39 Å². The van der Waals surface area contributed by atoms with E-state index in [0.29, 0.717) is 12.2 Å². The van der Waals surface area contributed by atoms with Gasteiger partial charge in [0.05, 0.1) is 5.69 Å². The molecule has 0 fully saturated rings. The normalized spacial score (nSPS) is 10.5. The summed E-state index contributed by atoms with van der Waals surface area (Å²) in [6, 6.07) is 17.4. The first kappa shape index (κ1) is 15.0. The van der Waals surface area contributed by atoms with Gasteiger partial charge in [-0.15, -0.1) is 0 Å². The predicted octanol–water partition coefficient (Wildman–Crippen LogP) is 3.90. The molecule has 116 valence electrons. The van der Waals surface area contributed by atoms with Crippen LogP contribution in [0, 0.1) is 12.7 Å². The standard InChI is InChI=1S/C19H17FN2O/c1-14-5-8-17(9-6-14)21-12-15-7-10-19(23)22(13-15)18-4-2-3-16(20)11-18/h2-11,13,21H,12H2,1H3. The fourth-order valence-electron chi connectivity index (χ4n) is 2.34. The molecule has 1 N–H and O–H groups in total. The van der Waals surface area contributed by atoms with E-state index in [4.69, 9.17) is 0 Å². The molecular weight excluding hydrogens is 291 g/mol. The zero-order chi connectivity index (χ0) is 16.2. The summed E-state index contributed by atoms with van der Waals surface area (Å²) in [4.78, 5) is 12.0. The first-order chi connectivity index (χ1) is 11.1. The van der Waals surface area contributed by atoms with E-state index < -0.39 is 0 Å². The highest BCUT2D eigenvalue weighted by atomic mass is 19.1. The van der Waals surface area contributed by atoms with Gasteiger partial charge in [0.2, 0.25) is 0 Å². The van der Waals surface area contributed by atoms with Crippen LogP contribution in [-0.2, 0) is 6.54 Å². The fraction of sp³-hybridized carbons (Fsp3) is 0.105. The third kappa shape index (κ3) is 3.66. The number of aryl methyl sites for hydroxylation is 1.